The molecular weight excluding hydrogens is 274 g/mol. The molecule has 0 aromatic heterocycles. The third-order valence-corrected chi connectivity index (χ3v) is 7.54. The molecule has 0 atom stereocenters. The summed E-state index contributed by atoms with van der Waals surface area (Å²) in [5, 5.41) is 0. The van der Waals surface area contributed by atoms with E-state index in [0.29, 0.717) is 15.7 Å². The molecule has 1 saturated heterocycles. The second-order valence-corrected chi connectivity index (χ2v) is 8.51. The van der Waals surface area contributed by atoms with E-state index in [2.05, 4.69) is 0 Å². The summed E-state index contributed by atoms with van der Waals surface area (Å²) >= 11 is 0. The van der Waals surface area contributed by atoms with Crippen LogP contribution in [-0.2, 0) is 20.0 Å². The minimum atomic E-state index is -3.95. The zero-order valence-electron chi connectivity index (χ0n) is 10.3. The summed E-state index contributed by atoms with van der Waals surface area (Å²) in [7, 11) is -7.63. The van der Waals surface area contributed by atoms with Gasteiger partial charge in [-0.1, -0.05) is 15.8 Å². The molecule has 2 rings (SSSR count). The fraction of sp³-hybridized carbons (Fsp3) is 0.455. The normalized spacial score (nSPS) is 20.1. The predicted molar refractivity (Wildman–Crippen MR) is 68.2 cm³/mol. The quantitative estimate of drug-likeness (QED) is 0.815. The molecular formula is C11H15NO4S2. The predicted octanol–water partition coefficient (Wildman–Crippen LogP) is 1.03. The highest BCUT2D eigenvalue weighted by atomic mass is 32.3. The average molecular weight is 289 g/mol. The van der Waals surface area contributed by atoms with Crippen molar-refractivity contribution in [2.24, 2.45) is 0 Å². The van der Waals surface area contributed by atoms with Crippen molar-refractivity contribution in [3.8, 4) is 0 Å². The molecule has 0 unspecified atom stereocenters. The Hall–Kier alpha value is -0.920. The van der Waals surface area contributed by atoms with Gasteiger partial charge in [-0.2, -0.15) is 0 Å². The molecule has 0 bridgehead atoms. The van der Waals surface area contributed by atoms with E-state index in [1.54, 1.807) is 26.0 Å². The van der Waals surface area contributed by atoms with Gasteiger partial charge in [-0.3, -0.25) is 0 Å². The zero-order valence-corrected chi connectivity index (χ0v) is 11.9. The maximum Gasteiger partial charge on any atom is 0.256 e. The smallest absolute Gasteiger partial charge is 0.211 e. The van der Waals surface area contributed by atoms with Crippen LogP contribution in [0.3, 0.4) is 0 Å². The van der Waals surface area contributed by atoms with Gasteiger partial charge in [-0.15, -0.1) is 0 Å². The van der Waals surface area contributed by atoms with Crippen LogP contribution in [0.4, 0.5) is 0 Å². The number of rotatable bonds is 2. The lowest BCUT2D eigenvalue weighted by molar-refractivity contribution is 0.518. The van der Waals surface area contributed by atoms with Crippen LogP contribution in [0.2, 0.25) is 0 Å². The van der Waals surface area contributed by atoms with Gasteiger partial charge < -0.3 is 0 Å². The molecule has 1 aromatic carbocycles. The van der Waals surface area contributed by atoms with Crippen LogP contribution in [0.5, 0.6) is 0 Å². The van der Waals surface area contributed by atoms with E-state index in [1.165, 1.54) is 6.07 Å². The molecule has 5 nitrogen and oxygen atoms in total. The summed E-state index contributed by atoms with van der Waals surface area (Å²) in [5.41, 5.74) is 1.35. The molecule has 100 valence electrons. The van der Waals surface area contributed by atoms with E-state index >= 15 is 0 Å². The Morgan fingerprint density at radius 1 is 1.22 bits per heavy atom. The van der Waals surface area contributed by atoms with Crippen LogP contribution in [0.15, 0.2) is 23.1 Å². The first kappa shape index (κ1) is 13.5. The molecule has 0 spiro atoms. The van der Waals surface area contributed by atoms with Gasteiger partial charge in [0.15, 0.2) is 0 Å². The second kappa shape index (κ2) is 4.32. The van der Waals surface area contributed by atoms with E-state index in [4.69, 9.17) is 0 Å². The maximum atomic E-state index is 12.4. The highest BCUT2D eigenvalue weighted by molar-refractivity contribution is 8.04. The Morgan fingerprint density at radius 2 is 1.89 bits per heavy atom. The van der Waals surface area contributed by atoms with Gasteiger partial charge >= 0.3 is 0 Å². The van der Waals surface area contributed by atoms with Crippen molar-refractivity contribution in [1.82, 2.24) is 3.71 Å². The molecule has 1 aliphatic rings. The average Bonchev–Trinajstić information content (AvgIpc) is 2.62. The molecule has 0 radical (unpaired) electrons. The summed E-state index contributed by atoms with van der Waals surface area (Å²) in [4.78, 5) is 0.0768. The van der Waals surface area contributed by atoms with Crippen LogP contribution in [0, 0.1) is 13.8 Å². The Balaban J connectivity index is 2.59. The van der Waals surface area contributed by atoms with E-state index in [-0.39, 0.29) is 17.2 Å². The van der Waals surface area contributed by atoms with Gasteiger partial charge in [0.2, 0.25) is 10.0 Å². The highest BCUT2D eigenvalue weighted by Gasteiger charge is 2.39. The topological polar surface area (TPSA) is 71.5 Å². The lowest BCUT2D eigenvalue weighted by Crippen LogP contribution is -2.33. The van der Waals surface area contributed by atoms with Crippen LogP contribution >= 0.6 is 0 Å². The van der Waals surface area contributed by atoms with Crippen LogP contribution in [-0.4, -0.2) is 32.8 Å². The van der Waals surface area contributed by atoms with Crippen molar-refractivity contribution < 1.29 is 16.8 Å². The van der Waals surface area contributed by atoms with E-state index in [1.807, 2.05) is 0 Å². The summed E-state index contributed by atoms with van der Waals surface area (Å²) in [5.74, 6) is -0.100. The number of hydrogen-bond acceptors (Lipinski definition) is 4. The first-order valence-electron chi connectivity index (χ1n) is 5.58. The van der Waals surface area contributed by atoms with Crippen molar-refractivity contribution in [3.63, 3.8) is 0 Å². The number of benzene rings is 1. The van der Waals surface area contributed by atoms with E-state index < -0.39 is 20.0 Å². The largest absolute Gasteiger partial charge is 0.256 e. The van der Waals surface area contributed by atoms with Gasteiger partial charge in [0.25, 0.3) is 10.0 Å². The molecule has 0 amide bonds. The first-order chi connectivity index (χ1) is 8.25. The Labute approximate surface area is 108 Å². The zero-order chi connectivity index (χ0) is 13.6. The third kappa shape index (κ3) is 2.17. The molecule has 1 fully saturated rings. The summed E-state index contributed by atoms with van der Waals surface area (Å²) in [6, 6.07) is 5.00. The Kier molecular flexibility index (Phi) is 3.25. The number of hydrogen-bond donors (Lipinski definition) is 0. The maximum absolute atomic E-state index is 12.4. The summed E-state index contributed by atoms with van der Waals surface area (Å²) in [6.45, 7) is 3.48. The van der Waals surface area contributed by atoms with Gasteiger partial charge in [-0.25, -0.2) is 16.8 Å². The number of sulfonamides is 2. The standard InChI is InChI=1S/C11H15NO4S2/c1-9-4-5-10(2)11(8-9)18(15,16)12-6-3-7-17(12,13)14/h4-5,8H,3,6-7H2,1-2H3. The minimum absolute atomic E-state index is 0.0397. The van der Waals surface area contributed by atoms with Gasteiger partial charge in [0, 0.05) is 6.54 Å². The van der Waals surface area contributed by atoms with Crippen LogP contribution in [0.25, 0.3) is 0 Å². The number of aryl methyl sites for hydroxylation is 2. The van der Waals surface area contributed by atoms with E-state index in [9.17, 15) is 16.8 Å². The van der Waals surface area contributed by atoms with Crippen molar-refractivity contribution in [3.05, 3.63) is 29.3 Å². The fourth-order valence-corrected chi connectivity index (χ4v) is 6.15. The SMILES string of the molecule is Cc1ccc(C)c(S(=O)(=O)N2CCCS2(=O)=O)c1. The summed E-state index contributed by atoms with van der Waals surface area (Å²) < 4.78 is 48.8. The molecule has 0 saturated carbocycles. The second-order valence-electron chi connectivity index (χ2n) is 4.44. The summed E-state index contributed by atoms with van der Waals surface area (Å²) in [6.07, 6.45) is 0.354. The van der Waals surface area contributed by atoms with Crippen molar-refractivity contribution in [2.75, 3.05) is 12.3 Å². The first-order valence-corrected chi connectivity index (χ1v) is 8.63. The van der Waals surface area contributed by atoms with Crippen LogP contribution in [0.1, 0.15) is 17.5 Å². The molecule has 1 aromatic rings. The molecule has 18 heavy (non-hydrogen) atoms. The Bertz CT molecular complexity index is 677. The van der Waals surface area contributed by atoms with Crippen molar-refractivity contribution in [2.45, 2.75) is 25.2 Å². The van der Waals surface area contributed by atoms with Crippen molar-refractivity contribution >= 4 is 20.0 Å². The van der Waals surface area contributed by atoms with E-state index in [0.717, 1.165) is 5.56 Å². The van der Waals surface area contributed by atoms with Gasteiger partial charge in [-0.05, 0) is 37.5 Å². The third-order valence-electron chi connectivity index (χ3n) is 2.94. The molecule has 0 aliphatic carbocycles. The lowest BCUT2D eigenvalue weighted by Gasteiger charge is -2.16. The Morgan fingerprint density at radius 3 is 2.44 bits per heavy atom. The highest BCUT2D eigenvalue weighted by Crippen LogP contribution is 2.27. The lowest BCUT2D eigenvalue weighted by atomic mass is 10.2. The van der Waals surface area contributed by atoms with Crippen molar-refractivity contribution in [1.29, 1.82) is 0 Å². The number of nitrogens with zero attached hydrogens (tertiary/aromatic N) is 1. The fourth-order valence-electron chi connectivity index (χ4n) is 1.98. The minimum Gasteiger partial charge on any atom is -0.211 e. The monoisotopic (exact) mass is 289 g/mol. The van der Waals surface area contributed by atoms with Crippen LogP contribution < -0.4 is 0 Å². The molecule has 1 heterocycles. The van der Waals surface area contributed by atoms with Gasteiger partial charge in [0.05, 0.1) is 10.6 Å². The van der Waals surface area contributed by atoms with Gasteiger partial charge in [0.1, 0.15) is 0 Å². The molecule has 1 aliphatic heterocycles. The molecule has 7 heteroatoms. The molecule has 0 N–H and O–H groups in total.